The van der Waals surface area contributed by atoms with Gasteiger partial charge in [0, 0.05) is 12.2 Å². The second-order valence-electron chi connectivity index (χ2n) is 8.53. The topological polar surface area (TPSA) is 32.3 Å². The first-order valence-corrected chi connectivity index (χ1v) is 11.0. The maximum Gasteiger partial charge on any atom is 0.239 e. The summed E-state index contributed by atoms with van der Waals surface area (Å²) < 4.78 is 0. The van der Waals surface area contributed by atoms with Gasteiger partial charge in [0.05, 0.1) is 0 Å². The van der Waals surface area contributed by atoms with Gasteiger partial charge in [0.25, 0.3) is 0 Å². The molecule has 0 aliphatic carbocycles. The number of nitrogens with zero attached hydrogens (tertiary/aromatic N) is 1. The van der Waals surface area contributed by atoms with Crippen LogP contribution in [0.15, 0.2) is 84.9 Å². The molecule has 0 radical (unpaired) electrons. The summed E-state index contributed by atoms with van der Waals surface area (Å²) in [6.07, 6.45) is 3.15. The quantitative estimate of drug-likeness (QED) is 0.593. The van der Waals surface area contributed by atoms with Crippen LogP contribution in [0.5, 0.6) is 0 Å². The highest BCUT2D eigenvalue weighted by Crippen LogP contribution is 2.50. The highest BCUT2D eigenvalue weighted by molar-refractivity contribution is 6.09. The van der Waals surface area contributed by atoms with Crippen molar-refractivity contribution >= 4 is 24.0 Å². The Morgan fingerprint density at radius 1 is 0.839 bits per heavy atom. The average molecular weight is 433 g/mol. The van der Waals surface area contributed by atoms with E-state index in [1.54, 1.807) is 0 Å². The predicted molar refractivity (Wildman–Crippen MR) is 129 cm³/mol. The number of carbonyl (C=O) groups excluding carboxylic acids is 1. The Balaban J connectivity index is 0.00000231. The summed E-state index contributed by atoms with van der Waals surface area (Å²) in [5, 5.41) is 3.19. The molecule has 1 unspecified atom stereocenters. The van der Waals surface area contributed by atoms with E-state index in [0.717, 1.165) is 55.7 Å². The molecular formula is C27H29ClN2O. The minimum atomic E-state index is -0.580. The monoisotopic (exact) mass is 432 g/mol. The maximum absolute atomic E-state index is 13.5. The number of carbonyl (C=O) groups is 1. The average Bonchev–Trinajstić information content (AvgIpc) is 3.12. The molecule has 5 rings (SSSR count). The van der Waals surface area contributed by atoms with Crippen LogP contribution in [0.1, 0.15) is 29.5 Å². The fourth-order valence-corrected chi connectivity index (χ4v) is 5.43. The highest BCUT2D eigenvalue weighted by atomic mass is 35.5. The van der Waals surface area contributed by atoms with E-state index in [2.05, 4.69) is 76.9 Å². The molecule has 3 aromatic carbocycles. The van der Waals surface area contributed by atoms with Crippen LogP contribution in [-0.2, 0) is 16.6 Å². The van der Waals surface area contributed by atoms with Crippen molar-refractivity contribution in [2.24, 2.45) is 5.92 Å². The number of rotatable bonds is 5. The Kier molecular flexibility index (Phi) is 6.45. The summed E-state index contributed by atoms with van der Waals surface area (Å²) in [6, 6.07) is 29.3. The maximum atomic E-state index is 13.5. The largest absolute Gasteiger partial charge is 0.325 e. The summed E-state index contributed by atoms with van der Waals surface area (Å²) in [4.78, 5) is 16.1. The van der Waals surface area contributed by atoms with Crippen LogP contribution >= 0.6 is 12.4 Å². The third-order valence-electron chi connectivity index (χ3n) is 6.95. The van der Waals surface area contributed by atoms with E-state index in [1.165, 1.54) is 5.56 Å². The summed E-state index contributed by atoms with van der Waals surface area (Å²) in [6.45, 7) is 3.17. The number of amides is 1. The summed E-state index contributed by atoms with van der Waals surface area (Å²) in [7, 11) is 0. The smallest absolute Gasteiger partial charge is 0.239 e. The number of nitrogens with one attached hydrogen (secondary N) is 1. The van der Waals surface area contributed by atoms with Gasteiger partial charge in [-0.1, -0.05) is 78.9 Å². The normalized spacial score (nSPS) is 21.2. The van der Waals surface area contributed by atoms with Crippen LogP contribution in [0.4, 0.5) is 5.69 Å². The summed E-state index contributed by atoms with van der Waals surface area (Å²) in [5.74, 6) is 0.439. The number of halogens is 1. The molecular weight excluding hydrogens is 404 g/mol. The van der Waals surface area contributed by atoms with E-state index in [-0.39, 0.29) is 18.3 Å². The molecule has 0 aromatic heterocycles. The number of para-hydroxylation sites is 1. The van der Waals surface area contributed by atoms with Crippen molar-refractivity contribution < 1.29 is 4.79 Å². The first-order valence-electron chi connectivity index (χ1n) is 11.0. The molecule has 1 atom stereocenters. The van der Waals surface area contributed by atoms with E-state index in [4.69, 9.17) is 0 Å². The van der Waals surface area contributed by atoms with Crippen LogP contribution < -0.4 is 5.32 Å². The van der Waals surface area contributed by atoms with Gasteiger partial charge in [-0.2, -0.15) is 0 Å². The van der Waals surface area contributed by atoms with E-state index >= 15 is 0 Å². The van der Waals surface area contributed by atoms with E-state index in [1.807, 2.05) is 18.2 Å². The van der Waals surface area contributed by atoms with E-state index in [9.17, 15) is 4.79 Å². The molecule has 1 fully saturated rings. The van der Waals surface area contributed by atoms with Gasteiger partial charge in [0.1, 0.15) is 5.41 Å². The minimum absolute atomic E-state index is 0. The Labute approximate surface area is 190 Å². The second-order valence-corrected chi connectivity index (χ2v) is 8.53. The van der Waals surface area contributed by atoms with Crippen molar-refractivity contribution in [1.29, 1.82) is 0 Å². The third-order valence-corrected chi connectivity index (χ3v) is 6.95. The van der Waals surface area contributed by atoms with Crippen LogP contribution in [-0.4, -0.2) is 30.4 Å². The highest BCUT2D eigenvalue weighted by Gasteiger charge is 2.53. The number of anilines is 1. The second kappa shape index (κ2) is 9.25. The van der Waals surface area contributed by atoms with Crippen LogP contribution in [0, 0.1) is 5.92 Å². The predicted octanol–water partition coefficient (Wildman–Crippen LogP) is 5.30. The van der Waals surface area contributed by atoms with Gasteiger partial charge in [0.15, 0.2) is 0 Å². The molecule has 0 bridgehead atoms. The molecule has 1 amide bonds. The molecule has 3 nitrogen and oxygen atoms in total. The van der Waals surface area contributed by atoms with Gasteiger partial charge < -0.3 is 10.2 Å². The molecule has 3 aromatic rings. The molecule has 0 saturated carbocycles. The number of likely N-dealkylation sites (tertiary alicyclic amines) is 1. The van der Waals surface area contributed by atoms with Gasteiger partial charge in [-0.05, 0) is 61.0 Å². The number of hydrogen-bond donors (Lipinski definition) is 1. The lowest BCUT2D eigenvalue weighted by Gasteiger charge is -2.42. The van der Waals surface area contributed by atoms with Crippen molar-refractivity contribution in [3.8, 4) is 0 Å². The van der Waals surface area contributed by atoms with Gasteiger partial charge in [-0.25, -0.2) is 0 Å². The van der Waals surface area contributed by atoms with Crippen LogP contribution in [0.25, 0.3) is 0 Å². The SMILES string of the molecule is Cl.O=C1Nc2ccccc2C1(c1ccccc1)C1CCN(CCc2ccccc2)CC1. The van der Waals surface area contributed by atoms with Gasteiger partial charge in [0.2, 0.25) is 5.91 Å². The molecule has 1 saturated heterocycles. The zero-order chi connectivity index (χ0) is 20.4. The number of hydrogen-bond acceptors (Lipinski definition) is 2. The van der Waals surface area contributed by atoms with Crippen molar-refractivity contribution in [3.05, 3.63) is 102 Å². The zero-order valence-electron chi connectivity index (χ0n) is 17.7. The molecule has 2 aliphatic heterocycles. The lowest BCUT2D eigenvalue weighted by molar-refractivity contribution is -0.121. The Bertz CT molecular complexity index is 1020. The molecule has 4 heteroatoms. The molecule has 1 N–H and O–H groups in total. The Hall–Kier alpha value is -2.62. The molecule has 2 heterocycles. The zero-order valence-corrected chi connectivity index (χ0v) is 18.5. The third kappa shape index (κ3) is 3.88. The fraction of sp³-hybridized carbons (Fsp3) is 0.296. The summed E-state index contributed by atoms with van der Waals surface area (Å²) in [5.41, 5.74) is 4.05. The van der Waals surface area contributed by atoms with Crippen molar-refractivity contribution in [3.63, 3.8) is 0 Å². The number of benzene rings is 3. The fourth-order valence-electron chi connectivity index (χ4n) is 5.43. The molecule has 31 heavy (non-hydrogen) atoms. The first-order chi connectivity index (χ1) is 14.8. The molecule has 0 spiro atoms. The van der Waals surface area contributed by atoms with Crippen molar-refractivity contribution in [2.45, 2.75) is 24.7 Å². The lowest BCUT2D eigenvalue weighted by atomic mass is 9.63. The Morgan fingerprint density at radius 3 is 2.16 bits per heavy atom. The summed E-state index contributed by atoms with van der Waals surface area (Å²) >= 11 is 0. The number of fused-ring (bicyclic) bond motifs is 1. The standard InChI is InChI=1S/C27H28N2O.ClH/c30-26-27(22-11-5-2-6-12-22,24-13-7-8-14-25(24)28-26)23-16-19-29(20-17-23)18-15-21-9-3-1-4-10-21;/h1-14,23H,15-20H2,(H,28,30);1H. The Morgan fingerprint density at radius 2 is 1.45 bits per heavy atom. The van der Waals surface area contributed by atoms with Crippen LogP contribution in [0.2, 0.25) is 0 Å². The molecule has 2 aliphatic rings. The van der Waals surface area contributed by atoms with Crippen LogP contribution in [0.3, 0.4) is 0 Å². The van der Waals surface area contributed by atoms with Crippen molar-refractivity contribution in [2.75, 3.05) is 25.0 Å². The number of piperidine rings is 1. The van der Waals surface area contributed by atoms with Gasteiger partial charge in [-0.3, -0.25) is 4.79 Å². The first kappa shape index (κ1) is 21.6. The van der Waals surface area contributed by atoms with Crippen molar-refractivity contribution in [1.82, 2.24) is 4.90 Å². The van der Waals surface area contributed by atoms with Gasteiger partial charge in [-0.15, -0.1) is 12.4 Å². The molecule has 160 valence electrons. The van der Waals surface area contributed by atoms with E-state index < -0.39 is 5.41 Å². The lowest BCUT2D eigenvalue weighted by Crippen LogP contribution is -2.48. The van der Waals surface area contributed by atoms with E-state index in [0.29, 0.717) is 5.92 Å². The van der Waals surface area contributed by atoms with Gasteiger partial charge >= 0.3 is 0 Å². The minimum Gasteiger partial charge on any atom is -0.325 e.